The first-order chi connectivity index (χ1) is 13.4. The lowest BCUT2D eigenvalue weighted by Crippen LogP contribution is -2.35. The van der Waals surface area contributed by atoms with Crippen molar-refractivity contribution in [1.29, 1.82) is 0 Å². The summed E-state index contributed by atoms with van der Waals surface area (Å²) in [5.41, 5.74) is 0.503. The van der Waals surface area contributed by atoms with Crippen LogP contribution in [0.25, 0.3) is 0 Å². The van der Waals surface area contributed by atoms with E-state index in [1.807, 2.05) is 5.32 Å². The quantitative estimate of drug-likeness (QED) is 0.677. The van der Waals surface area contributed by atoms with Crippen molar-refractivity contribution in [2.45, 2.75) is 13.3 Å². The van der Waals surface area contributed by atoms with Crippen LogP contribution in [0, 0.1) is 5.92 Å². The molecule has 0 aliphatic carbocycles. The molecule has 0 unspecified atom stereocenters. The second kappa shape index (κ2) is 9.58. The van der Waals surface area contributed by atoms with Crippen LogP contribution in [0.5, 0.6) is 11.5 Å². The topological polar surface area (TPSA) is 120 Å². The summed E-state index contributed by atoms with van der Waals surface area (Å²) in [6, 6.07) is 4.97. The maximum absolute atomic E-state index is 12.4. The summed E-state index contributed by atoms with van der Waals surface area (Å²) in [5.74, 6) is -1.55. The smallest absolute Gasteiger partial charge is 0.413 e. The number of hydrogen-bond donors (Lipinski definition) is 1. The number of rotatable bonds is 7. The van der Waals surface area contributed by atoms with Crippen LogP contribution in [-0.2, 0) is 23.9 Å². The highest BCUT2D eigenvalue weighted by molar-refractivity contribution is 6.01. The molecule has 0 spiro atoms. The number of imide groups is 1. The van der Waals surface area contributed by atoms with Crippen molar-refractivity contribution in [3.05, 3.63) is 18.2 Å². The maximum Gasteiger partial charge on any atom is 0.413 e. The molecule has 28 heavy (non-hydrogen) atoms. The van der Waals surface area contributed by atoms with E-state index in [1.54, 1.807) is 25.1 Å². The van der Waals surface area contributed by atoms with E-state index >= 15 is 0 Å². The van der Waals surface area contributed by atoms with Gasteiger partial charge in [0.2, 0.25) is 5.91 Å². The number of alkyl carbamates (subject to hydrolysis) is 1. The Balaban J connectivity index is 1.96. The lowest BCUT2D eigenvalue weighted by Gasteiger charge is -2.20. The molecule has 3 amide bonds. The first kappa shape index (κ1) is 21.0. The standard InChI is InChI=1S/C18H22N2O8/c1-4-27-18(24)19-15(21)10-28-17(23)11-7-16(22)20(9-11)13-6-5-12(25-2)8-14(13)26-3/h5-6,8,11H,4,7,9-10H2,1-3H3,(H,19,21,24)/t11-/m0/s1. The molecular formula is C18H22N2O8. The van der Waals surface area contributed by atoms with E-state index in [0.29, 0.717) is 17.2 Å². The first-order valence-electron chi connectivity index (χ1n) is 8.55. The number of benzene rings is 1. The SMILES string of the molecule is CCOC(=O)NC(=O)COC(=O)[C@H]1CC(=O)N(c2ccc(OC)cc2OC)C1. The molecule has 10 nitrogen and oxygen atoms in total. The summed E-state index contributed by atoms with van der Waals surface area (Å²) in [6.45, 7) is 1.13. The average Bonchev–Trinajstić information content (AvgIpc) is 3.07. The van der Waals surface area contributed by atoms with E-state index < -0.39 is 30.5 Å². The molecule has 1 aromatic carbocycles. The normalized spacial score (nSPS) is 15.8. The van der Waals surface area contributed by atoms with Gasteiger partial charge in [-0.3, -0.25) is 19.7 Å². The van der Waals surface area contributed by atoms with Gasteiger partial charge in [-0.15, -0.1) is 0 Å². The van der Waals surface area contributed by atoms with Crippen molar-refractivity contribution in [1.82, 2.24) is 5.32 Å². The molecule has 0 radical (unpaired) electrons. The van der Waals surface area contributed by atoms with Gasteiger partial charge >= 0.3 is 12.1 Å². The molecule has 1 fully saturated rings. The number of hydrogen-bond acceptors (Lipinski definition) is 8. The van der Waals surface area contributed by atoms with E-state index in [-0.39, 0.29) is 25.5 Å². The number of amides is 3. The Morgan fingerprint density at radius 1 is 1.18 bits per heavy atom. The van der Waals surface area contributed by atoms with Crippen LogP contribution in [0.2, 0.25) is 0 Å². The summed E-state index contributed by atoms with van der Waals surface area (Å²) in [7, 11) is 2.98. The van der Waals surface area contributed by atoms with E-state index in [1.165, 1.54) is 19.1 Å². The number of methoxy groups -OCH3 is 2. The van der Waals surface area contributed by atoms with Crippen molar-refractivity contribution in [2.24, 2.45) is 5.92 Å². The number of carbonyl (C=O) groups excluding carboxylic acids is 4. The molecule has 2 rings (SSSR count). The molecular weight excluding hydrogens is 372 g/mol. The van der Waals surface area contributed by atoms with Crippen molar-refractivity contribution < 1.29 is 38.1 Å². The van der Waals surface area contributed by atoms with Gasteiger partial charge in [0.25, 0.3) is 5.91 Å². The van der Waals surface area contributed by atoms with Gasteiger partial charge in [0.1, 0.15) is 11.5 Å². The lowest BCUT2D eigenvalue weighted by atomic mass is 10.1. The molecule has 0 bridgehead atoms. The third kappa shape index (κ3) is 5.12. The Morgan fingerprint density at radius 3 is 2.57 bits per heavy atom. The number of esters is 1. The van der Waals surface area contributed by atoms with Gasteiger partial charge in [0, 0.05) is 19.0 Å². The van der Waals surface area contributed by atoms with Gasteiger partial charge in [-0.2, -0.15) is 0 Å². The van der Waals surface area contributed by atoms with Gasteiger partial charge in [0.15, 0.2) is 6.61 Å². The summed E-state index contributed by atoms with van der Waals surface area (Å²) in [5, 5.41) is 1.91. The molecule has 1 saturated heterocycles. The summed E-state index contributed by atoms with van der Waals surface area (Å²) < 4.78 is 19.9. The highest BCUT2D eigenvalue weighted by Crippen LogP contribution is 2.35. The zero-order valence-electron chi connectivity index (χ0n) is 15.9. The number of nitrogens with one attached hydrogen (secondary N) is 1. The first-order valence-corrected chi connectivity index (χ1v) is 8.55. The van der Waals surface area contributed by atoms with Gasteiger partial charge in [0.05, 0.1) is 32.4 Å². The minimum absolute atomic E-state index is 0.0620. The highest BCUT2D eigenvalue weighted by Gasteiger charge is 2.37. The minimum atomic E-state index is -0.919. The van der Waals surface area contributed by atoms with E-state index in [4.69, 9.17) is 14.2 Å². The molecule has 1 heterocycles. The van der Waals surface area contributed by atoms with Crippen LogP contribution in [0.15, 0.2) is 18.2 Å². The Hall–Kier alpha value is -3.30. The molecule has 1 aromatic rings. The van der Waals surface area contributed by atoms with Crippen molar-refractivity contribution in [2.75, 3.05) is 38.9 Å². The maximum atomic E-state index is 12.4. The minimum Gasteiger partial charge on any atom is -0.497 e. The van der Waals surface area contributed by atoms with Crippen LogP contribution < -0.4 is 19.7 Å². The number of anilines is 1. The van der Waals surface area contributed by atoms with Gasteiger partial charge < -0.3 is 23.8 Å². The summed E-state index contributed by atoms with van der Waals surface area (Å²) in [4.78, 5) is 48.7. The Kier molecular flexibility index (Phi) is 7.19. The van der Waals surface area contributed by atoms with Crippen molar-refractivity contribution >= 4 is 29.6 Å². The van der Waals surface area contributed by atoms with Gasteiger partial charge in [-0.1, -0.05) is 0 Å². The fraction of sp³-hybridized carbons (Fsp3) is 0.444. The molecule has 1 aliphatic rings. The molecule has 0 aromatic heterocycles. The zero-order chi connectivity index (χ0) is 20.7. The molecule has 1 aliphatic heterocycles. The zero-order valence-corrected chi connectivity index (χ0v) is 15.9. The average molecular weight is 394 g/mol. The Labute approximate surface area is 161 Å². The highest BCUT2D eigenvalue weighted by atomic mass is 16.6. The predicted molar refractivity (Wildman–Crippen MR) is 96.1 cm³/mol. The van der Waals surface area contributed by atoms with Crippen molar-refractivity contribution in [3.8, 4) is 11.5 Å². The predicted octanol–water partition coefficient (Wildman–Crippen LogP) is 0.873. The van der Waals surface area contributed by atoms with Crippen molar-refractivity contribution in [3.63, 3.8) is 0 Å². The van der Waals surface area contributed by atoms with E-state index in [2.05, 4.69) is 4.74 Å². The van der Waals surface area contributed by atoms with Crippen LogP contribution in [0.3, 0.4) is 0 Å². The molecule has 10 heteroatoms. The van der Waals surface area contributed by atoms with E-state index in [0.717, 1.165) is 0 Å². The molecule has 152 valence electrons. The third-order valence-electron chi connectivity index (χ3n) is 4.00. The summed E-state index contributed by atoms with van der Waals surface area (Å²) in [6.07, 6.45) is -0.981. The van der Waals surface area contributed by atoms with Crippen LogP contribution >= 0.6 is 0 Å². The third-order valence-corrected chi connectivity index (χ3v) is 4.00. The molecule has 1 N–H and O–H groups in total. The molecule has 1 atom stereocenters. The lowest BCUT2D eigenvalue weighted by molar-refractivity contribution is -0.152. The van der Waals surface area contributed by atoms with Gasteiger partial charge in [-0.25, -0.2) is 4.79 Å². The number of ether oxygens (including phenoxy) is 4. The number of nitrogens with zero attached hydrogens (tertiary/aromatic N) is 1. The van der Waals surface area contributed by atoms with E-state index in [9.17, 15) is 19.2 Å². The summed E-state index contributed by atoms with van der Waals surface area (Å²) >= 11 is 0. The fourth-order valence-electron chi connectivity index (χ4n) is 2.68. The largest absolute Gasteiger partial charge is 0.497 e. The van der Waals surface area contributed by atoms with Crippen LogP contribution in [0.1, 0.15) is 13.3 Å². The van der Waals surface area contributed by atoms with Gasteiger partial charge in [-0.05, 0) is 19.1 Å². The second-order valence-electron chi connectivity index (χ2n) is 5.82. The van der Waals surface area contributed by atoms with Crippen LogP contribution in [0.4, 0.5) is 10.5 Å². The second-order valence-corrected chi connectivity index (χ2v) is 5.82. The molecule has 0 saturated carbocycles. The Bertz CT molecular complexity index is 764. The fourth-order valence-corrected chi connectivity index (χ4v) is 2.68. The number of carbonyl (C=O) groups is 4. The Morgan fingerprint density at radius 2 is 1.93 bits per heavy atom. The monoisotopic (exact) mass is 394 g/mol. The van der Waals surface area contributed by atoms with Crippen LogP contribution in [-0.4, -0.2) is 57.9 Å².